The lowest BCUT2D eigenvalue weighted by molar-refractivity contribution is 0.102. The smallest absolute Gasteiger partial charge is 0.311 e. The molecule has 3 unspecified atom stereocenters. The summed E-state index contributed by atoms with van der Waals surface area (Å²) in [6.45, 7) is 21.0. The Kier molecular flexibility index (Phi) is 8.48. The molecule has 0 aromatic heterocycles. The maximum absolute atomic E-state index is 6.64. The molecule has 0 radical (unpaired) electrons. The van der Waals surface area contributed by atoms with E-state index in [0.717, 1.165) is 38.9 Å². The standard InChI is InChI=1S/C18H38O6Si3/c1-8-18(22-15-17-14-21-17)26(4,5)24-27(6,7)23-25(2,3)11-9-10-19-12-16-13-20-16/h8,16-18H,1,9-15H2,2-7H3. The summed E-state index contributed by atoms with van der Waals surface area (Å²) in [5, 5.41) is 0. The average molecular weight is 435 g/mol. The van der Waals surface area contributed by atoms with Crippen molar-refractivity contribution in [3.8, 4) is 0 Å². The number of hydrogen-bond acceptors (Lipinski definition) is 6. The van der Waals surface area contributed by atoms with Gasteiger partial charge in [-0.1, -0.05) is 6.08 Å². The summed E-state index contributed by atoms with van der Waals surface area (Å²) in [6.07, 6.45) is 3.49. The first-order valence-corrected chi connectivity index (χ1v) is 18.9. The van der Waals surface area contributed by atoms with Crippen LogP contribution in [0, 0.1) is 0 Å². The fourth-order valence-corrected chi connectivity index (χ4v) is 17.2. The van der Waals surface area contributed by atoms with E-state index in [1.807, 2.05) is 6.08 Å². The van der Waals surface area contributed by atoms with E-state index >= 15 is 0 Å². The second-order valence-electron chi connectivity index (χ2n) is 9.05. The second kappa shape index (κ2) is 9.77. The molecule has 2 saturated heterocycles. The molecular weight excluding hydrogens is 396 g/mol. The van der Waals surface area contributed by atoms with E-state index < -0.39 is 25.2 Å². The van der Waals surface area contributed by atoms with Gasteiger partial charge in [0.1, 0.15) is 12.2 Å². The van der Waals surface area contributed by atoms with Gasteiger partial charge >= 0.3 is 8.56 Å². The molecule has 27 heavy (non-hydrogen) atoms. The predicted molar refractivity (Wildman–Crippen MR) is 114 cm³/mol. The van der Waals surface area contributed by atoms with Crippen LogP contribution < -0.4 is 0 Å². The lowest BCUT2D eigenvalue weighted by Crippen LogP contribution is -2.57. The van der Waals surface area contributed by atoms with Gasteiger partial charge in [0, 0.05) is 6.61 Å². The summed E-state index contributed by atoms with van der Waals surface area (Å²) in [5.74, 6) is 0. The molecule has 9 heteroatoms. The Labute approximate surface area is 168 Å². The highest BCUT2D eigenvalue weighted by Gasteiger charge is 2.43. The highest BCUT2D eigenvalue weighted by atomic mass is 28.5. The first kappa shape index (κ1) is 23.4. The van der Waals surface area contributed by atoms with Crippen LogP contribution in [0.5, 0.6) is 0 Å². The quantitative estimate of drug-likeness (QED) is 0.170. The van der Waals surface area contributed by atoms with Crippen LogP contribution >= 0.6 is 0 Å². The SMILES string of the molecule is C=CC(OCC1CO1)[Si](C)(C)O[Si](C)(C)O[Si](C)(C)CCCOCC1CO1. The van der Waals surface area contributed by atoms with Gasteiger partial charge in [0.15, 0.2) is 8.32 Å². The summed E-state index contributed by atoms with van der Waals surface area (Å²) in [4.78, 5) is 0. The van der Waals surface area contributed by atoms with Gasteiger partial charge in [0.25, 0.3) is 0 Å². The van der Waals surface area contributed by atoms with Crippen LogP contribution in [0.15, 0.2) is 12.7 Å². The Morgan fingerprint density at radius 3 is 2.15 bits per heavy atom. The van der Waals surface area contributed by atoms with Gasteiger partial charge in [-0.3, -0.25) is 0 Å². The molecule has 0 aromatic rings. The van der Waals surface area contributed by atoms with E-state index in [9.17, 15) is 0 Å². The van der Waals surface area contributed by atoms with Crippen molar-refractivity contribution in [1.29, 1.82) is 0 Å². The van der Waals surface area contributed by atoms with E-state index in [1.165, 1.54) is 0 Å². The van der Waals surface area contributed by atoms with Crippen molar-refractivity contribution < 1.29 is 27.2 Å². The predicted octanol–water partition coefficient (Wildman–Crippen LogP) is 3.45. The van der Waals surface area contributed by atoms with E-state index in [4.69, 9.17) is 27.2 Å². The Morgan fingerprint density at radius 1 is 1.00 bits per heavy atom. The Balaban J connectivity index is 1.75. The first-order chi connectivity index (χ1) is 12.5. The lowest BCUT2D eigenvalue weighted by atomic mass is 10.5. The summed E-state index contributed by atoms with van der Waals surface area (Å²) in [6, 6.07) is 1.07. The van der Waals surface area contributed by atoms with Crippen molar-refractivity contribution in [3.63, 3.8) is 0 Å². The monoisotopic (exact) mass is 434 g/mol. The highest BCUT2D eigenvalue weighted by molar-refractivity contribution is 6.88. The van der Waals surface area contributed by atoms with Crippen LogP contribution in [-0.2, 0) is 27.2 Å². The summed E-state index contributed by atoms with van der Waals surface area (Å²) in [7, 11) is -6.21. The molecule has 0 spiro atoms. The minimum Gasteiger partial charge on any atom is -0.437 e. The number of ether oxygens (including phenoxy) is 4. The average Bonchev–Trinajstić information content (AvgIpc) is 3.39. The molecule has 3 atom stereocenters. The Hall–Kier alpha value is 0.151. The Morgan fingerprint density at radius 2 is 1.59 bits per heavy atom. The van der Waals surface area contributed by atoms with Crippen molar-refractivity contribution >= 4 is 25.2 Å². The zero-order valence-electron chi connectivity index (χ0n) is 17.9. The molecule has 0 bridgehead atoms. The maximum Gasteiger partial charge on any atom is 0.311 e. The molecule has 0 aliphatic carbocycles. The topological polar surface area (TPSA) is 62.0 Å². The molecule has 0 aromatic carbocycles. The van der Waals surface area contributed by atoms with E-state index in [0.29, 0.717) is 12.7 Å². The van der Waals surface area contributed by atoms with E-state index in [-0.39, 0.29) is 11.8 Å². The third-order valence-corrected chi connectivity index (χ3v) is 16.1. The first-order valence-electron chi connectivity index (χ1n) is 9.98. The van der Waals surface area contributed by atoms with E-state index in [1.54, 1.807) is 0 Å². The molecule has 2 aliphatic rings. The van der Waals surface area contributed by atoms with Crippen LogP contribution in [0.25, 0.3) is 0 Å². The third kappa shape index (κ3) is 9.46. The molecule has 158 valence electrons. The van der Waals surface area contributed by atoms with Crippen molar-refractivity contribution in [1.82, 2.24) is 0 Å². The van der Waals surface area contributed by atoms with Crippen molar-refractivity contribution in [2.24, 2.45) is 0 Å². The zero-order valence-corrected chi connectivity index (χ0v) is 20.9. The fraction of sp³-hybridized carbons (Fsp3) is 0.889. The van der Waals surface area contributed by atoms with Gasteiger partial charge < -0.3 is 27.2 Å². The molecule has 0 saturated carbocycles. The van der Waals surface area contributed by atoms with Gasteiger partial charge in [-0.15, -0.1) is 6.58 Å². The van der Waals surface area contributed by atoms with Crippen molar-refractivity contribution in [2.75, 3.05) is 33.0 Å². The highest BCUT2D eigenvalue weighted by Crippen LogP contribution is 2.27. The minimum atomic E-state index is -2.27. The number of hydrogen-bond donors (Lipinski definition) is 0. The molecule has 0 N–H and O–H groups in total. The summed E-state index contributed by atoms with van der Waals surface area (Å²) in [5.41, 5.74) is -0.0557. The van der Waals surface area contributed by atoms with Crippen LogP contribution in [-0.4, -0.2) is 76.2 Å². The molecular formula is C18H38O6Si3. The number of epoxide rings is 2. The molecule has 0 amide bonds. The fourth-order valence-electron chi connectivity index (χ4n) is 3.34. The van der Waals surface area contributed by atoms with E-state index in [2.05, 4.69) is 45.9 Å². The largest absolute Gasteiger partial charge is 0.437 e. The van der Waals surface area contributed by atoms with Gasteiger partial charge in [-0.05, 0) is 51.7 Å². The van der Waals surface area contributed by atoms with Crippen LogP contribution in [0.2, 0.25) is 45.3 Å². The second-order valence-corrected chi connectivity index (χ2v) is 21.3. The maximum atomic E-state index is 6.64. The van der Waals surface area contributed by atoms with Gasteiger partial charge in [0.05, 0.1) is 32.2 Å². The summed E-state index contributed by atoms with van der Waals surface area (Å²) < 4.78 is 35.3. The van der Waals surface area contributed by atoms with Crippen LogP contribution in [0.4, 0.5) is 0 Å². The summed E-state index contributed by atoms with van der Waals surface area (Å²) >= 11 is 0. The third-order valence-electron chi connectivity index (χ3n) is 4.57. The Bertz CT molecular complexity index is 478. The van der Waals surface area contributed by atoms with Crippen molar-refractivity contribution in [3.05, 3.63) is 12.7 Å². The number of rotatable bonds is 15. The van der Waals surface area contributed by atoms with Crippen LogP contribution in [0.1, 0.15) is 6.42 Å². The normalized spacial score (nSPS) is 23.9. The molecule has 2 rings (SSSR count). The molecule has 2 fully saturated rings. The lowest BCUT2D eigenvalue weighted by Gasteiger charge is -2.40. The van der Waals surface area contributed by atoms with Gasteiger partial charge in [-0.2, -0.15) is 0 Å². The van der Waals surface area contributed by atoms with Crippen LogP contribution in [0.3, 0.4) is 0 Å². The molecule has 2 heterocycles. The minimum absolute atomic E-state index is 0.0557. The molecule has 2 aliphatic heterocycles. The van der Waals surface area contributed by atoms with Crippen molar-refractivity contribution in [2.45, 2.75) is 69.7 Å². The molecule has 6 nitrogen and oxygen atoms in total. The van der Waals surface area contributed by atoms with Gasteiger partial charge in [0.2, 0.25) is 8.32 Å². The van der Waals surface area contributed by atoms with Gasteiger partial charge in [-0.25, -0.2) is 0 Å². The zero-order chi connectivity index (χ0) is 20.1.